The summed E-state index contributed by atoms with van der Waals surface area (Å²) in [6, 6.07) is 13.7. The van der Waals surface area contributed by atoms with Gasteiger partial charge in [0.2, 0.25) is 0 Å². The minimum atomic E-state index is 0.645. The van der Waals surface area contributed by atoms with Gasteiger partial charge in [-0.3, -0.25) is 4.98 Å². The lowest BCUT2D eigenvalue weighted by molar-refractivity contribution is 0.884. The van der Waals surface area contributed by atoms with Crippen LogP contribution in [-0.2, 0) is 0 Å². The Labute approximate surface area is 105 Å². The van der Waals surface area contributed by atoms with Gasteiger partial charge in [0, 0.05) is 18.0 Å². The van der Waals surface area contributed by atoms with E-state index in [9.17, 15) is 0 Å². The highest BCUT2D eigenvalue weighted by Gasteiger charge is 2.09. The summed E-state index contributed by atoms with van der Waals surface area (Å²) in [6.45, 7) is 0. The van der Waals surface area contributed by atoms with Gasteiger partial charge in [-0.1, -0.05) is 18.2 Å². The highest BCUT2D eigenvalue weighted by atomic mass is 15.3. The van der Waals surface area contributed by atoms with Crippen LogP contribution in [0.2, 0.25) is 0 Å². The Morgan fingerprint density at radius 2 is 1.83 bits per heavy atom. The molecule has 0 amide bonds. The summed E-state index contributed by atoms with van der Waals surface area (Å²) < 4.78 is 1.78. The molecule has 2 N–H and O–H groups in total. The van der Waals surface area contributed by atoms with E-state index in [1.54, 1.807) is 17.1 Å². The molecular formula is C14H12N4. The van der Waals surface area contributed by atoms with Crippen LogP contribution in [-0.4, -0.2) is 14.8 Å². The summed E-state index contributed by atoms with van der Waals surface area (Å²) in [5.74, 6) is 0. The number of rotatable bonds is 2. The zero-order chi connectivity index (χ0) is 12.4. The number of aromatic nitrogens is 3. The molecule has 3 aromatic rings. The third-order valence-electron chi connectivity index (χ3n) is 2.70. The van der Waals surface area contributed by atoms with E-state index in [1.807, 2.05) is 48.7 Å². The molecule has 0 aliphatic heterocycles. The number of pyridine rings is 1. The van der Waals surface area contributed by atoms with E-state index in [-0.39, 0.29) is 0 Å². The number of benzene rings is 1. The zero-order valence-corrected chi connectivity index (χ0v) is 9.69. The second kappa shape index (κ2) is 4.33. The van der Waals surface area contributed by atoms with Crippen LogP contribution < -0.4 is 5.73 Å². The fourth-order valence-corrected chi connectivity index (χ4v) is 1.83. The molecule has 0 saturated heterocycles. The van der Waals surface area contributed by atoms with Crippen LogP contribution in [0.4, 0.5) is 5.69 Å². The molecule has 0 saturated carbocycles. The fourth-order valence-electron chi connectivity index (χ4n) is 1.83. The predicted molar refractivity (Wildman–Crippen MR) is 71.2 cm³/mol. The number of nitrogens with zero attached hydrogens (tertiary/aromatic N) is 3. The molecule has 2 heterocycles. The number of hydrogen-bond donors (Lipinski definition) is 1. The molecule has 0 unspecified atom stereocenters. The molecule has 0 spiro atoms. The van der Waals surface area contributed by atoms with Crippen LogP contribution in [0.1, 0.15) is 0 Å². The standard InChI is InChI=1S/C14H12N4/c15-13-10-18(12-6-2-1-3-7-12)17-14(13)11-5-4-8-16-9-11/h1-10H,15H2. The van der Waals surface area contributed by atoms with Crippen molar-refractivity contribution in [1.29, 1.82) is 0 Å². The van der Waals surface area contributed by atoms with Crippen molar-refractivity contribution >= 4 is 5.69 Å². The maximum absolute atomic E-state index is 6.00. The van der Waals surface area contributed by atoms with Crippen LogP contribution >= 0.6 is 0 Å². The van der Waals surface area contributed by atoms with Gasteiger partial charge < -0.3 is 5.73 Å². The summed E-state index contributed by atoms with van der Waals surface area (Å²) in [5.41, 5.74) is 9.31. The van der Waals surface area contributed by atoms with Crippen molar-refractivity contribution in [3.63, 3.8) is 0 Å². The molecule has 4 heteroatoms. The van der Waals surface area contributed by atoms with Crippen molar-refractivity contribution in [2.24, 2.45) is 0 Å². The van der Waals surface area contributed by atoms with E-state index in [1.165, 1.54) is 0 Å². The van der Waals surface area contributed by atoms with E-state index in [4.69, 9.17) is 5.73 Å². The Balaban J connectivity index is 2.07. The Hall–Kier alpha value is -2.62. The molecule has 0 aliphatic rings. The van der Waals surface area contributed by atoms with Crippen molar-refractivity contribution in [3.05, 3.63) is 61.1 Å². The van der Waals surface area contributed by atoms with Crippen LogP contribution in [0.15, 0.2) is 61.1 Å². The maximum Gasteiger partial charge on any atom is 0.117 e. The largest absolute Gasteiger partial charge is 0.396 e. The van der Waals surface area contributed by atoms with Crippen molar-refractivity contribution in [1.82, 2.24) is 14.8 Å². The summed E-state index contributed by atoms with van der Waals surface area (Å²) in [7, 11) is 0. The number of hydrogen-bond acceptors (Lipinski definition) is 3. The molecule has 0 atom stereocenters. The van der Waals surface area contributed by atoms with Crippen molar-refractivity contribution in [3.8, 4) is 16.9 Å². The highest BCUT2D eigenvalue weighted by molar-refractivity contribution is 5.71. The van der Waals surface area contributed by atoms with Gasteiger partial charge in [-0.05, 0) is 24.3 Å². The van der Waals surface area contributed by atoms with Crippen LogP contribution in [0, 0.1) is 0 Å². The molecular weight excluding hydrogens is 224 g/mol. The van der Waals surface area contributed by atoms with E-state index in [2.05, 4.69) is 10.1 Å². The van der Waals surface area contributed by atoms with Gasteiger partial charge in [0.05, 0.1) is 17.6 Å². The first kappa shape index (κ1) is 10.5. The zero-order valence-electron chi connectivity index (χ0n) is 9.69. The summed E-state index contributed by atoms with van der Waals surface area (Å²) in [6.07, 6.45) is 5.31. The topological polar surface area (TPSA) is 56.7 Å². The Bertz CT molecular complexity index is 644. The number of para-hydroxylation sites is 1. The third-order valence-corrected chi connectivity index (χ3v) is 2.70. The van der Waals surface area contributed by atoms with Crippen LogP contribution in [0.5, 0.6) is 0 Å². The maximum atomic E-state index is 6.00. The lowest BCUT2D eigenvalue weighted by atomic mass is 10.2. The van der Waals surface area contributed by atoms with E-state index < -0.39 is 0 Å². The van der Waals surface area contributed by atoms with Crippen molar-refractivity contribution in [2.75, 3.05) is 5.73 Å². The Kier molecular flexibility index (Phi) is 2.53. The van der Waals surface area contributed by atoms with Gasteiger partial charge >= 0.3 is 0 Å². The molecule has 18 heavy (non-hydrogen) atoms. The Morgan fingerprint density at radius 3 is 2.56 bits per heavy atom. The van der Waals surface area contributed by atoms with Crippen LogP contribution in [0.25, 0.3) is 16.9 Å². The molecule has 0 radical (unpaired) electrons. The average molecular weight is 236 g/mol. The quantitative estimate of drug-likeness (QED) is 0.743. The first-order chi connectivity index (χ1) is 8.84. The average Bonchev–Trinajstić information content (AvgIpc) is 2.83. The molecule has 1 aromatic carbocycles. The summed E-state index contributed by atoms with van der Waals surface area (Å²) in [5, 5.41) is 4.50. The SMILES string of the molecule is Nc1cn(-c2ccccc2)nc1-c1cccnc1. The smallest absolute Gasteiger partial charge is 0.117 e. The molecule has 2 aromatic heterocycles. The van der Waals surface area contributed by atoms with Crippen LogP contribution in [0.3, 0.4) is 0 Å². The minimum Gasteiger partial charge on any atom is -0.396 e. The molecule has 0 fully saturated rings. The Morgan fingerprint density at radius 1 is 1.00 bits per heavy atom. The van der Waals surface area contributed by atoms with Gasteiger partial charge in [0.15, 0.2) is 0 Å². The molecule has 88 valence electrons. The van der Waals surface area contributed by atoms with Crippen molar-refractivity contribution < 1.29 is 0 Å². The second-order valence-corrected chi connectivity index (χ2v) is 3.95. The van der Waals surface area contributed by atoms with Gasteiger partial charge in [0.1, 0.15) is 5.69 Å². The number of anilines is 1. The molecule has 4 nitrogen and oxygen atoms in total. The first-order valence-electron chi connectivity index (χ1n) is 5.65. The van der Waals surface area contributed by atoms with E-state index in [0.717, 1.165) is 16.9 Å². The lowest BCUT2D eigenvalue weighted by Crippen LogP contribution is -1.94. The summed E-state index contributed by atoms with van der Waals surface area (Å²) >= 11 is 0. The fraction of sp³-hybridized carbons (Fsp3) is 0. The first-order valence-corrected chi connectivity index (χ1v) is 5.65. The molecule has 0 bridgehead atoms. The molecule has 0 aliphatic carbocycles. The minimum absolute atomic E-state index is 0.645. The van der Waals surface area contributed by atoms with Crippen molar-refractivity contribution in [2.45, 2.75) is 0 Å². The van der Waals surface area contributed by atoms with E-state index >= 15 is 0 Å². The summed E-state index contributed by atoms with van der Waals surface area (Å²) in [4.78, 5) is 4.08. The predicted octanol–water partition coefficient (Wildman–Crippen LogP) is 2.52. The monoisotopic (exact) mass is 236 g/mol. The van der Waals surface area contributed by atoms with Gasteiger partial charge in [-0.15, -0.1) is 0 Å². The second-order valence-electron chi connectivity index (χ2n) is 3.95. The normalized spacial score (nSPS) is 10.4. The van der Waals surface area contributed by atoms with Gasteiger partial charge in [0.25, 0.3) is 0 Å². The number of nitrogens with two attached hydrogens (primary N) is 1. The lowest BCUT2D eigenvalue weighted by Gasteiger charge is -1.99. The highest BCUT2D eigenvalue weighted by Crippen LogP contribution is 2.24. The third kappa shape index (κ3) is 1.84. The number of nitrogen functional groups attached to an aromatic ring is 1. The van der Waals surface area contributed by atoms with E-state index in [0.29, 0.717) is 5.69 Å². The van der Waals surface area contributed by atoms with Gasteiger partial charge in [-0.25, -0.2) is 4.68 Å². The van der Waals surface area contributed by atoms with Gasteiger partial charge in [-0.2, -0.15) is 5.10 Å². The molecule has 3 rings (SSSR count).